The van der Waals surface area contributed by atoms with Gasteiger partial charge < -0.3 is 4.90 Å². The molecule has 2 bridgehead atoms. The summed E-state index contributed by atoms with van der Waals surface area (Å²) in [5.41, 5.74) is 2.98. The molecule has 0 radical (unpaired) electrons. The molecule has 6 nitrogen and oxygen atoms in total. The van der Waals surface area contributed by atoms with Gasteiger partial charge in [0.2, 0.25) is 0 Å². The molecule has 3 aliphatic heterocycles. The van der Waals surface area contributed by atoms with Gasteiger partial charge >= 0.3 is 0 Å². The van der Waals surface area contributed by atoms with E-state index in [9.17, 15) is 4.79 Å². The molecular weight excluding hydrogens is 350 g/mol. The number of nitrogens with zero attached hydrogens (tertiary/aromatic N) is 5. The van der Waals surface area contributed by atoms with Gasteiger partial charge in [0.05, 0.1) is 5.69 Å². The molecule has 0 saturated carbocycles. The van der Waals surface area contributed by atoms with Crippen LogP contribution in [0.5, 0.6) is 0 Å². The van der Waals surface area contributed by atoms with Crippen molar-refractivity contribution in [2.75, 3.05) is 19.6 Å². The molecule has 3 aliphatic rings. The van der Waals surface area contributed by atoms with Crippen LogP contribution in [0.1, 0.15) is 48.4 Å². The molecule has 0 aromatic carbocycles. The zero-order valence-electron chi connectivity index (χ0n) is 17.2. The second kappa shape index (κ2) is 8.03. The van der Waals surface area contributed by atoms with Crippen LogP contribution in [0.3, 0.4) is 0 Å². The smallest absolute Gasteiger partial charge is 0.272 e. The molecule has 0 aliphatic carbocycles. The van der Waals surface area contributed by atoms with Gasteiger partial charge in [0.25, 0.3) is 5.91 Å². The summed E-state index contributed by atoms with van der Waals surface area (Å²) in [6, 6.07) is 6.41. The van der Waals surface area contributed by atoms with E-state index in [0.717, 1.165) is 50.4 Å². The summed E-state index contributed by atoms with van der Waals surface area (Å²) in [5.74, 6) is 1.22. The van der Waals surface area contributed by atoms with Crippen molar-refractivity contribution in [3.63, 3.8) is 0 Å². The second-order valence-electron chi connectivity index (χ2n) is 8.85. The Morgan fingerprint density at radius 3 is 2.86 bits per heavy atom. The average Bonchev–Trinajstić information content (AvgIpc) is 2.82. The number of carbonyl (C=O) groups excluding carboxylic acids is 1. The number of aromatic nitrogens is 3. The van der Waals surface area contributed by atoms with Crippen LogP contribution in [0, 0.1) is 11.8 Å². The van der Waals surface area contributed by atoms with Gasteiger partial charge in [-0.1, -0.05) is 19.9 Å². The molecule has 5 rings (SSSR count). The lowest BCUT2D eigenvalue weighted by Crippen LogP contribution is -2.47. The first-order chi connectivity index (χ1) is 13.5. The van der Waals surface area contributed by atoms with E-state index < -0.39 is 0 Å². The van der Waals surface area contributed by atoms with Gasteiger partial charge in [0.1, 0.15) is 5.69 Å². The van der Waals surface area contributed by atoms with E-state index in [1.54, 1.807) is 4.68 Å². The summed E-state index contributed by atoms with van der Waals surface area (Å²) in [6.45, 7) is 8.12. The number of hydrogen-bond donors (Lipinski definition) is 0. The summed E-state index contributed by atoms with van der Waals surface area (Å²) in [6.07, 6.45) is 6.98. The van der Waals surface area contributed by atoms with E-state index in [4.69, 9.17) is 0 Å². The highest BCUT2D eigenvalue weighted by atomic mass is 16.2. The summed E-state index contributed by atoms with van der Waals surface area (Å²) < 4.78 is 1.77. The number of carbonyl (C=O) groups is 1. The van der Waals surface area contributed by atoms with Gasteiger partial charge in [0, 0.05) is 51.7 Å². The van der Waals surface area contributed by atoms with Crippen molar-refractivity contribution in [3.8, 4) is 0 Å². The number of aryl methyl sites for hydroxylation is 1. The quantitative estimate of drug-likeness (QED) is 0.799. The topological polar surface area (TPSA) is 54.3 Å². The largest absolute Gasteiger partial charge is 0.333 e. The fourth-order valence-electron chi connectivity index (χ4n) is 4.70. The molecule has 2 aromatic heterocycles. The van der Waals surface area contributed by atoms with Crippen molar-refractivity contribution in [3.05, 3.63) is 47.5 Å². The van der Waals surface area contributed by atoms with E-state index in [-0.39, 0.29) is 11.9 Å². The molecule has 28 heavy (non-hydrogen) atoms. The molecule has 6 heteroatoms. The molecule has 0 N–H and O–H groups in total. The van der Waals surface area contributed by atoms with E-state index in [1.807, 2.05) is 31.6 Å². The van der Waals surface area contributed by atoms with Crippen molar-refractivity contribution < 1.29 is 4.79 Å². The van der Waals surface area contributed by atoms with Crippen LogP contribution in [0.25, 0.3) is 0 Å². The molecule has 5 heterocycles. The van der Waals surface area contributed by atoms with Crippen LogP contribution in [-0.4, -0.2) is 56.1 Å². The lowest BCUT2D eigenvalue weighted by Gasteiger charge is -2.36. The highest BCUT2D eigenvalue weighted by Crippen LogP contribution is 2.30. The average molecular weight is 382 g/mol. The van der Waals surface area contributed by atoms with Crippen LogP contribution in [0.2, 0.25) is 0 Å². The van der Waals surface area contributed by atoms with E-state index in [2.05, 4.69) is 39.8 Å². The maximum atomic E-state index is 13.4. The Balaban J connectivity index is 1.49. The molecule has 0 unspecified atom stereocenters. The standard InChI is InChI=1S/C22H31N5O/c1-16(2)9-19-10-21(25(3)24-19)22(28)27-14-18-6-7-20(27)15-26(13-18)12-17-5-4-8-23-11-17/h4-5,8,10-11,16,18,20H,6-7,9,12-15H2,1-3H3/t18-,20+/m0/s1. The summed E-state index contributed by atoms with van der Waals surface area (Å²) in [7, 11) is 1.89. The third-order valence-corrected chi connectivity index (χ3v) is 5.95. The Morgan fingerprint density at radius 1 is 1.25 bits per heavy atom. The first-order valence-corrected chi connectivity index (χ1v) is 10.4. The van der Waals surface area contributed by atoms with Gasteiger partial charge in [-0.3, -0.25) is 19.4 Å². The van der Waals surface area contributed by atoms with Gasteiger partial charge in [-0.15, -0.1) is 0 Å². The van der Waals surface area contributed by atoms with E-state index >= 15 is 0 Å². The van der Waals surface area contributed by atoms with Crippen LogP contribution < -0.4 is 0 Å². The fraction of sp³-hybridized carbons (Fsp3) is 0.591. The highest BCUT2D eigenvalue weighted by molar-refractivity contribution is 5.93. The Bertz CT molecular complexity index is 816. The minimum atomic E-state index is 0.142. The molecule has 3 saturated heterocycles. The van der Waals surface area contributed by atoms with Gasteiger partial charge in [-0.25, -0.2) is 0 Å². The molecule has 0 spiro atoms. The zero-order valence-corrected chi connectivity index (χ0v) is 17.2. The van der Waals surface area contributed by atoms with Crippen LogP contribution in [0.4, 0.5) is 0 Å². The van der Waals surface area contributed by atoms with Crippen molar-refractivity contribution in [2.45, 2.75) is 45.7 Å². The number of piperidine rings is 1. The molecule has 150 valence electrons. The third-order valence-electron chi connectivity index (χ3n) is 5.95. The number of rotatable bonds is 5. The van der Waals surface area contributed by atoms with Gasteiger partial charge in [0.15, 0.2) is 0 Å². The predicted molar refractivity (Wildman–Crippen MR) is 109 cm³/mol. The minimum absolute atomic E-state index is 0.142. The van der Waals surface area contributed by atoms with Crippen molar-refractivity contribution in [1.29, 1.82) is 0 Å². The van der Waals surface area contributed by atoms with Crippen molar-refractivity contribution >= 4 is 5.91 Å². The number of pyridine rings is 1. The summed E-state index contributed by atoms with van der Waals surface area (Å²) >= 11 is 0. The van der Waals surface area contributed by atoms with Crippen molar-refractivity contribution in [2.24, 2.45) is 18.9 Å². The first-order valence-electron chi connectivity index (χ1n) is 10.4. The fourth-order valence-corrected chi connectivity index (χ4v) is 4.70. The molecule has 2 aromatic rings. The second-order valence-corrected chi connectivity index (χ2v) is 8.85. The van der Waals surface area contributed by atoms with Gasteiger partial charge in [-0.2, -0.15) is 5.10 Å². The Morgan fingerprint density at radius 2 is 2.11 bits per heavy atom. The molecule has 3 fully saturated rings. The van der Waals surface area contributed by atoms with Crippen LogP contribution >= 0.6 is 0 Å². The highest BCUT2D eigenvalue weighted by Gasteiger charge is 2.38. The van der Waals surface area contributed by atoms with Crippen LogP contribution in [-0.2, 0) is 20.0 Å². The summed E-state index contributed by atoms with van der Waals surface area (Å²) in [5, 5.41) is 4.57. The monoisotopic (exact) mass is 381 g/mol. The number of amides is 1. The lowest BCUT2D eigenvalue weighted by atomic mass is 9.94. The molecule has 1 amide bonds. The predicted octanol–water partition coefficient (Wildman–Crippen LogP) is 2.75. The van der Waals surface area contributed by atoms with Crippen LogP contribution in [0.15, 0.2) is 30.6 Å². The third kappa shape index (κ3) is 4.12. The minimum Gasteiger partial charge on any atom is -0.333 e. The maximum Gasteiger partial charge on any atom is 0.272 e. The maximum absolute atomic E-state index is 13.4. The van der Waals surface area contributed by atoms with E-state index in [1.165, 1.54) is 12.0 Å². The number of hydrogen-bond acceptors (Lipinski definition) is 4. The Hall–Kier alpha value is -2.21. The van der Waals surface area contributed by atoms with E-state index in [0.29, 0.717) is 11.8 Å². The normalized spacial score (nSPS) is 22.6. The Kier molecular flexibility index (Phi) is 5.49. The lowest BCUT2D eigenvalue weighted by molar-refractivity contribution is 0.0573. The molecular formula is C22H31N5O. The Labute approximate surface area is 167 Å². The first kappa shape index (κ1) is 19.1. The van der Waals surface area contributed by atoms with Gasteiger partial charge in [-0.05, 0) is 48.8 Å². The SMILES string of the molecule is CC(C)Cc1cc(C(=O)N2C[C@H]3CC[C@@H]2CN(Cc2cccnc2)C3)n(C)n1. The zero-order chi connectivity index (χ0) is 19.7. The van der Waals surface area contributed by atoms with Crippen molar-refractivity contribution in [1.82, 2.24) is 24.6 Å². The number of fused-ring (bicyclic) bond motifs is 4. The summed E-state index contributed by atoms with van der Waals surface area (Å²) in [4.78, 5) is 22.2. The molecule has 2 atom stereocenters.